The van der Waals surface area contributed by atoms with Crippen LogP contribution >= 0.6 is 50.7 Å². The maximum Gasteiger partial charge on any atom is 0.338 e. The Kier molecular flexibility index (Phi) is 10.1. The van der Waals surface area contributed by atoms with Crippen molar-refractivity contribution < 1.29 is 23.8 Å². The zero-order valence-electron chi connectivity index (χ0n) is 19.7. The van der Waals surface area contributed by atoms with Crippen LogP contribution in [0.2, 0.25) is 0 Å². The van der Waals surface area contributed by atoms with Gasteiger partial charge in [-0.3, -0.25) is 4.79 Å². The average Bonchev–Trinajstić information content (AvgIpc) is 2.82. The van der Waals surface area contributed by atoms with Gasteiger partial charge in [0.15, 0.2) is 11.7 Å². The number of amides is 1. The molecule has 3 rings (SSSR count). The van der Waals surface area contributed by atoms with Crippen molar-refractivity contribution in [2.75, 3.05) is 20.3 Å². The summed E-state index contributed by atoms with van der Waals surface area (Å²) in [5, 5.41) is 10.4. The molecule has 12 heteroatoms. The van der Waals surface area contributed by atoms with Gasteiger partial charge in [0.05, 0.1) is 39.6 Å². The summed E-state index contributed by atoms with van der Waals surface area (Å²) in [4.78, 5) is 25.0. The molecule has 9 nitrogen and oxygen atoms in total. The van der Waals surface area contributed by atoms with E-state index in [2.05, 4.69) is 59.7 Å². The van der Waals surface area contributed by atoms with Crippen LogP contribution in [0.5, 0.6) is 11.5 Å². The monoisotopic (exact) mass is 686 g/mol. The molecule has 36 heavy (non-hydrogen) atoms. The van der Waals surface area contributed by atoms with Crippen molar-refractivity contribution in [2.24, 2.45) is 5.10 Å². The van der Waals surface area contributed by atoms with E-state index in [0.29, 0.717) is 27.7 Å². The van der Waals surface area contributed by atoms with E-state index in [9.17, 15) is 9.59 Å². The Morgan fingerprint density at radius 2 is 2.06 bits per heavy atom. The van der Waals surface area contributed by atoms with Crippen LogP contribution in [0.15, 0.2) is 57.2 Å². The molecule has 3 N–H and O–H groups in total. The number of ether oxygens (including phenoxy) is 3. The second kappa shape index (κ2) is 13.0. The summed E-state index contributed by atoms with van der Waals surface area (Å²) >= 11 is 10.9. The number of para-hydroxylation sites is 1. The van der Waals surface area contributed by atoms with Crippen molar-refractivity contribution in [3.05, 3.63) is 66.8 Å². The van der Waals surface area contributed by atoms with E-state index in [1.165, 1.54) is 6.21 Å². The Morgan fingerprint density at radius 3 is 2.75 bits per heavy atom. The van der Waals surface area contributed by atoms with Crippen LogP contribution in [0.1, 0.15) is 31.0 Å². The number of allylic oxidation sites excluding steroid dienone is 1. The lowest BCUT2D eigenvalue weighted by atomic mass is 9.95. The maximum atomic E-state index is 12.7. The molecule has 1 aliphatic heterocycles. The molecule has 190 valence electrons. The van der Waals surface area contributed by atoms with Crippen LogP contribution in [-0.2, 0) is 14.3 Å². The van der Waals surface area contributed by atoms with Crippen molar-refractivity contribution in [3.63, 3.8) is 0 Å². The molecule has 0 unspecified atom stereocenters. The van der Waals surface area contributed by atoms with Gasteiger partial charge in [0.25, 0.3) is 5.91 Å². The molecule has 0 spiro atoms. The van der Waals surface area contributed by atoms with Crippen LogP contribution in [0.4, 0.5) is 0 Å². The van der Waals surface area contributed by atoms with Crippen molar-refractivity contribution >= 4 is 73.9 Å². The number of nitrogens with zero attached hydrogens (tertiary/aromatic N) is 1. The zero-order valence-corrected chi connectivity index (χ0v) is 24.2. The number of carbonyl (C=O) groups excluding carboxylic acids is 2. The van der Waals surface area contributed by atoms with E-state index in [4.69, 9.17) is 26.4 Å². The third-order valence-electron chi connectivity index (χ3n) is 4.98. The molecular formula is C24H24BrIN4O5S. The number of hydrogen-bond donors (Lipinski definition) is 3. The van der Waals surface area contributed by atoms with E-state index >= 15 is 0 Å². The van der Waals surface area contributed by atoms with Gasteiger partial charge in [-0.25, -0.2) is 10.2 Å². The highest BCUT2D eigenvalue weighted by Gasteiger charge is 2.32. The van der Waals surface area contributed by atoms with Gasteiger partial charge >= 0.3 is 5.97 Å². The molecule has 0 radical (unpaired) electrons. The lowest BCUT2D eigenvalue weighted by molar-refractivity contribution is -0.139. The summed E-state index contributed by atoms with van der Waals surface area (Å²) in [6, 6.07) is 10.2. The van der Waals surface area contributed by atoms with E-state index in [0.717, 1.165) is 19.4 Å². The van der Waals surface area contributed by atoms with Gasteiger partial charge in [-0.1, -0.05) is 18.2 Å². The third kappa shape index (κ3) is 6.95. The summed E-state index contributed by atoms with van der Waals surface area (Å²) in [7, 11) is 1.60. The largest absolute Gasteiger partial charge is 0.494 e. The van der Waals surface area contributed by atoms with E-state index in [1.807, 2.05) is 18.2 Å². The number of esters is 1. The van der Waals surface area contributed by atoms with Gasteiger partial charge in [-0.15, -0.1) is 0 Å². The highest BCUT2D eigenvalue weighted by molar-refractivity contribution is 14.1. The fraction of sp³-hybridized carbons (Fsp3) is 0.250. The third-order valence-corrected chi connectivity index (χ3v) is 6.59. The van der Waals surface area contributed by atoms with Crippen molar-refractivity contribution in [2.45, 2.75) is 19.9 Å². The van der Waals surface area contributed by atoms with Crippen molar-refractivity contribution in [3.8, 4) is 11.5 Å². The highest BCUT2D eigenvalue weighted by atomic mass is 127. The summed E-state index contributed by atoms with van der Waals surface area (Å²) in [6.07, 6.45) is 1.53. The average molecular weight is 687 g/mol. The summed E-state index contributed by atoms with van der Waals surface area (Å²) < 4.78 is 18.0. The standard InChI is InChI=1S/C24H24BrIN4O5S/c1-4-34-23(32)20-13(2)28-24(36)29-21(20)15-7-5-6-8-18(15)35-12-19(31)30-27-11-14-9-16(25)22(33-3)17(26)10-14/h5-11,21H,4,12H2,1-3H3,(H,30,31)(H2,28,29,36)/t21-/m1/s1. The normalized spacial score (nSPS) is 15.2. The molecule has 1 aliphatic rings. The van der Waals surface area contributed by atoms with E-state index in [1.54, 1.807) is 39.2 Å². The molecular weight excluding hydrogens is 663 g/mol. The Morgan fingerprint density at radius 1 is 1.31 bits per heavy atom. The van der Waals surface area contributed by atoms with Gasteiger partial charge in [0.1, 0.15) is 11.5 Å². The molecule has 0 saturated carbocycles. The van der Waals surface area contributed by atoms with Crippen LogP contribution in [0.3, 0.4) is 0 Å². The summed E-state index contributed by atoms with van der Waals surface area (Å²) in [5.41, 5.74) is 4.84. The molecule has 1 heterocycles. The number of hydrazone groups is 1. The second-order valence-electron chi connectivity index (χ2n) is 7.43. The molecule has 0 bridgehead atoms. The number of methoxy groups -OCH3 is 1. The van der Waals surface area contributed by atoms with Crippen molar-refractivity contribution in [1.82, 2.24) is 16.1 Å². The number of halogens is 2. The number of benzene rings is 2. The topological polar surface area (TPSA) is 110 Å². The Labute approximate surface area is 236 Å². The van der Waals surface area contributed by atoms with Crippen LogP contribution in [0, 0.1) is 3.57 Å². The summed E-state index contributed by atoms with van der Waals surface area (Å²) in [5.74, 6) is 0.227. The van der Waals surface area contributed by atoms with Crippen LogP contribution in [0.25, 0.3) is 0 Å². The minimum absolute atomic E-state index is 0.234. The summed E-state index contributed by atoms with van der Waals surface area (Å²) in [6.45, 7) is 3.44. The van der Waals surface area contributed by atoms with E-state index in [-0.39, 0.29) is 13.2 Å². The van der Waals surface area contributed by atoms with Crippen molar-refractivity contribution in [1.29, 1.82) is 0 Å². The van der Waals surface area contributed by atoms with Gasteiger partial charge in [-0.2, -0.15) is 5.10 Å². The Bertz CT molecular complexity index is 1210. The maximum absolute atomic E-state index is 12.7. The smallest absolute Gasteiger partial charge is 0.338 e. The minimum Gasteiger partial charge on any atom is -0.494 e. The first-order valence-electron chi connectivity index (χ1n) is 10.8. The Hall–Kier alpha value is -2.71. The van der Waals surface area contributed by atoms with Crippen LogP contribution in [-0.4, -0.2) is 43.5 Å². The number of nitrogens with one attached hydrogen (secondary N) is 3. The first-order valence-corrected chi connectivity index (χ1v) is 13.0. The number of carbonyl (C=O) groups is 2. The Balaban J connectivity index is 1.70. The van der Waals surface area contributed by atoms with Gasteiger partial charge in [-0.05, 0) is 88.3 Å². The highest BCUT2D eigenvalue weighted by Crippen LogP contribution is 2.34. The van der Waals surface area contributed by atoms with Gasteiger partial charge in [0.2, 0.25) is 0 Å². The number of thiocarbonyl (C=S) groups is 1. The first kappa shape index (κ1) is 27.9. The van der Waals surface area contributed by atoms with Crippen LogP contribution < -0.4 is 25.5 Å². The zero-order chi connectivity index (χ0) is 26.2. The molecule has 2 aromatic carbocycles. The molecule has 0 fully saturated rings. The molecule has 0 aliphatic carbocycles. The van der Waals surface area contributed by atoms with Gasteiger partial charge < -0.3 is 24.8 Å². The lowest BCUT2D eigenvalue weighted by Gasteiger charge is -2.30. The predicted molar refractivity (Wildman–Crippen MR) is 152 cm³/mol. The molecule has 0 saturated heterocycles. The fourth-order valence-corrected chi connectivity index (χ4v) is 5.61. The molecule has 1 amide bonds. The molecule has 0 aromatic heterocycles. The van der Waals surface area contributed by atoms with Gasteiger partial charge in [0, 0.05) is 11.3 Å². The molecule has 1 atom stereocenters. The SMILES string of the molecule is CCOC(=O)C1=C(C)NC(=S)N[C@@H]1c1ccccc1OCC(=O)NN=Cc1cc(Br)c(OC)c(I)c1. The quantitative estimate of drug-likeness (QED) is 0.120. The molecule has 2 aromatic rings. The van der Waals surface area contributed by atoms with E-state index < -0.39 is 17.9 Å². The predicted octanol–water partition coefficient (Wildman–Crippen LogP) is 3.95. The number of rotatable bonds is 9. The minimum atomic E-state index is -0.605. The second-order valence-corrected chi connectivity index (χ2v) is 9.85. The fourth-order valence-electron chi connectivity index (χ4n) is 3.46. The lowest BCUT2D eigenvalue weighted by Crippen LogP contribution is -2.45. The number of hydrogen-bond acceptors (Lipinski definition) is 7. The first-order chi connectivity index (χ1) is 17.2.